The monoisotopic (exact) mass is 245 g/mol. The first kappa shape index (κ1) is 12.6. The molecule has 0 aliphatic rings. The van der Waals surface area contributed by atoms with Gasteiger partial charge in [-0.3, -0.25) is 10.9 Å². The molecule has 2 aromatic rings. The van der Waals surface area contributed by atoms with Gasteiger partial charge in [-0.05, 0) is 43.0 Å². The van der Waals surface area contributed by atoms with Gasteiger partial charge in [-0.15, -0.1) is 0 Å². The molecule has 0 radical (unpaired) electrons. The lowest BCUT2D eigenvalue weighted by Crippen LogP contribution is -2.29. The molecule has 1 heterocycles. The van der Waals surface area contributed by atoms with E-state index in [1.165, 1.54) is 16.7 Å². The summed E-state index contributed by atoms with van der Waals surface area (Å²) < 4.78 is 0. The lowest BCUT2D eigenvalue weighted by atomic mass is 9.93. The molecule has 0 fully saturated rings. The average Bonchev–Trinajstić information content (AvgIpc) is 2.73. The molecule has 0 amide bonds. The largest absolute Gasteiger partial charge is 0.384 e. The van der Waals surface area contributed by atoms with Crippen LogP contribution >= 0.6 is 0 Å². The summed E-state index contributed by atoms with van der Waals surface area (Å²) in [6.07, 6.45) is 1.70. The summed E-state index contributed by atoms with van der Waals surface area (Å²) in [6.45, 7) is 6.26. The number of hydrogen-bond donors (Lipinski definition) is 4. The average molecular weight is 245 g/mol. The number of aryl methyl sites for hydroxylation is 3. The van der Waals surface area contributed by atoms with Crippen LogP contribution < -0.4 is 17.0 Å². The smallest absolute Gasteiger partial charge is 0.124 e. The van der Waals surface area contributed by atoms with Crippen molar-refractivity contribution in [2.75, 3.05) is 5.73 Å². The second-order valence-corrected chi connectivity index (χ2v) is 4.63. The van der Waals surface area contributed by atoms with Crippen LogP contribution in [0.2, 0.25) is 0 Å². The van der Waals surface area contributed by atoms with Crippen molar-refractivity contribution in [2.45, 2.75) is 26.8 Å². The van der Waals surface area contributed by atoms with E-state index in [4.69, 9.17) is 11.6 Å². The molecule has 5 heteroatoms. The number of nitrogen functional groups attached to an aromatic ring is 1. The van der Waals surface area contributed by atoms with Crippen LogP contribution in [-0.2, 0) is 0 Å². The number of nitrogens with one attached hydrogen (secondary N) is 2. The van der Waals surface area contributed by atoms with E-state index in [2.05, 4.69) is 48.5 Å². The van der Waals surface area contributed by atoms with E-state index in [0.29, 0.717) is 5.82 Å². The number of nitrogens with zero attached hydrogens (tertiary/aromatic N) is 1. The Morgan fingerprint density at radius 2 is 1.78 bits per heavy atom. The molecule has 5 nitrogen and oxygen atoms in total. The summed E-state index contributed by atoms with van der Waals surface area (Å²) in [7, 11) is 0. The first-order valence-corrected chi connectivity index (χ1v) is 5.87. The van der Waals surface area contributed by atoms with E-state index in [-0.39, 0.29) is 6.04 Å². The fourth-order valence-electron chi connectivity index (χ4n) is 2.18. The van der Waals surface area contributed by atoms with Gasteiger partial charge in [0.25, 0.3) is 0 Å². The molecule has 1 aromatic carbocycles. The van der Waals surface area contributed by atoms with Gasteiger partial charge in [0.15, 0.2) is 0 Å². The van der Waals surface area contributed by atoms with Gasteiger partial charge in [-0.2, -0.15) is 5.10 Å². The van der Waals surface area contributed by atoms with Crippen molar-refractivity contribution in [3.8, 4) is 0 Å². The van der Waals surface area contributed by atoms with Crippen molar-refractivity contribution in [1.82, 2.24) is 15.6 Å². The quantitative estimate of drug-likeness (QED) is 0.486. The number of hydrazine groups is 1. The maximum absolute atomic E-state index is 5.86. The zero-order valence-electron chi connectivity index (χ0n) is 10.9. The Morgan fingerprint density at radius 1 is 1.11 bits per heavy atom. The van der Waals surface area contributed by atoms with Crippen LogP contribution in [0.25, 0.3) is 0 Å². The van der Waals surface area contributed by atoms with Crippen molar-refractivity contribution in [3.05, 3.63) is 46.1 Å². The van der Waals surface area contributed by atoms with E-state index in [0.717, 1.165) is 11.1 Å². The number of aromatic nitrogens is 2. The molecule has 18 heavy (non-hydrogen) atoms. The highest BCUT2D eigenvalue weighted by Crippen LogP contribution is 2.28. The van der Waals surface area contributed by atoms with Gasteiger partial charge in [-0.1, -0.05) is 12.1 Å². The van der Waals surface area contributed by atoms with Crippen molar-refractivity contribution in [1.29, 1.82) is 0 Å². The highest BCUT2D eigenvalue weighted by atomic mass is 15.2. The number of aromatic amines is 1. The van der Waals surface area contributed by atoms with Crippen molar-refractivity contribution >= 4 is 5.82 Å². The summed E-state index contributed by atoms with van der Waals surface area (Å²) in [4.78, 5) is 0. The van der Waals surface area contributed by atoms with Gasteiger partial charge >= 0.3 is 0 Å². The third-order valence-electron chi connectivity index (χ3n) is 3.37. The van der Waals surface area contributed by atoms with E-state index in [1.807, 2.05) is 0 Å². The molecule has 2 rings (SSSR count). The summed E-state index contributed by atoms with van der Waals surface area (Å²) >= 11 is 0. The Bertz CT molecular complexity index is 559. The van der Waals surface area contributed by atoms with Gasteiger partial charge < -0.3 is 5.73 Å². The summed E-state index contributed by atoms with van der Waals surface area (Å²) in [5, 5.41) is 6.67. The van der Waals surface area contributed by atoms with Gasteiger partial charge in [0, 0.05) is 5.56 Å². The van der Waals surface area contributed by atoms with Gasteiger partial charge in [0.05, 0.1) is 12.2 Å². The Hall–Kier alpha value is -1.85. The first-order chi connectivity index (χ1) is 8.54. The summed E-state index contributed by atoms with van der Waals surface area (Å²) in [5.74, 6) is 6.21. The van der Waals surface area contributed by atoms with Crippen molar-refractivity contribution < 1.29 is 0 Å². The molecular formula is C13H19N5. The third kappa shape index (κ3) is 2.10. The number of benzene rings is 1. The Morgan fingerprint density at radius 3 is 2.33 bits per heavy atom. The van der Waals surface area contributed by atoms with Crippen LogP contribution in [0.15, 0.2) is 18.3 Å². The van der Waals surface area contributed by atoms with Crippen LogP contribution in [0.3, 0.4) is 0 Å². The minimum Gasteiger partial charge on any atom is -0.384 e. The van der Waals surface area contributed by atoms with Crippen molar-refractivity contribution in [2.24, 2.45) is 5.84 Å². The molecule has 0 aliphatic heterocycles. The minimum absolute atomic E-state index is 0.150. The molecule has 1 unspecified atom stereocenters. The minimum atomic E-state index is -0.150. The topological polar surface area (TPSA) is 92.7 Å². The zero-order chi connectivity index (χ0) is 13.3. The van der Waals surface area contributed by atoms with Crippen LogP contribution in [0.4, 0.5) is 5.82 Å². The molecule has 0 spiro atoms. The molecule has 96 valence electrons. The fourth-order valence-corrected chi connectivity index (χ4v) is 2.18. The number of anilines is 1. The predicted octanol–water partition coefficient (Wildman–Crippen LogP) is 1.47. The van der Waals surface area contributed by atoms with Crippen LogP contribution in [0.1, 0.15) is 33.9 Å². The fraction of sp³-hybridized carbons (Fsp3) is 0.308. The van der Waals surface area contributed by atoms with Crippen LogP contribution in [0, 0.1) is 20.8 Å². The van der Waals surface area contributed by atoms with E-state index >= 15 is 0 Å². The molecule has 1 atom stereocenters. The lowest BCUT2D eigenvalue weighted by Gasteiger charge is -2.19. The van der Waals surface area contributed by atoms with E-state index in [9.17, 15) is 0 Å². The summed E-state index contributed by atoms with van der Waals surface area (Å²) in [6, 6.07) is 4.15. The number of hydrogen-bond acceptors (Lipinski definition) is 4. The molecule has 0 saturated carbocycles. The lowest BCUT2D eigenvalue weighted by molar-refractivity contribution is 0.635. The van der Waals surface area contributed by atoms with Gasteiger partial charge in [0.1, 0.15) is 5.82 Å². The van der Waals surface area contributed by atoms with E-state index < -0.39 is 0 Å². The maximum atomic E-state index is 5.86. The maximum Gasteiger partial charge on any atom is 0.124 e. The SMILES string of the molecule is Cc1cc(C)c(C(NN)c2cn[nH]c2N)cc1C. The summed E-state index contributed by atoms with van der Waals surface area (Å²) in [5.41, 5.74) is 14.3. The highest BCUT2D eigenvalue weighted by molar-refractivity contribution is 5.48. The molecule has 0 bridgehead atoms. The molecule has 0 saturated heterocycles. The van der Waals surface area contributed by atoms with Gasteiger partial charge in [-0.25, -0.2) is 5.43 Å². The molecule has 6 N–H and O–H groups in total. The molecular weight excluding hydrogens is 226 g/mol. The number of H-pyrrole nitrogens is 1. The molecule has 0 aliphatic carbocycles. The Balaban J connectivity index is 2.52. The highest BCUT2D eigenvalue weighted by Gasteiger charge is 2.19. The Kier molecular flexibility index (Phi) is 3.36. The number of nitrogens with two attached hydrogens (primary N) is 2. The van der Waals surface area contributed by atoms with Crippen LogP contribution in [0.5, 0.6) is 0 Å². The van der Waals surface area contributed by atoms with Gasteiger partial charge in [0.2, 0.25) is 0 Å². The van der Waals surface area contributed by atoms with Crippen LogP contribution in [-0.4, -0.2) is 10.2 Å². The second-order valence-electron chi connectivity index (χ2n) is 4.63. The normalized spacial score (nSPS) is 12.7. The molecule has 1 aromatic heterocycles. The first-order valence-electron chi connectivity index (χ1n) is 5.87. The number of rotatable bonds is 3. The van der Waals surface area contributed by atoms with Crippen molar-refractivity contribution in [3.63, 3.8) is 0 Å². The third-order valence-corrected chi connectivity index (χ3v) is 3.37. The van der Waals surface area contributed by atoms with E-state index in [1.54, 1.807) is 6.20 Å². The Labute approximate surface area is 107 Å². The second kappa shape index (κ2) is 4.80. The predicted molar refractivity (Wildman–Crippen MR) is 72.8 cm³/mol. The standard InChI is InChI=1S/C13H19N5/c1-7-4-9(3)10(5-8(7)2)12(17-15)11-6-16-18-13(11)14/h4-6,12,17H,15H2,1-3H3,(H3,14,16,18). The zero-order valence-corrected chi connectivity index (χ0v) is 10.9.